The van der Waals surface area contributed by atoms with Gasteiger partial charge in [-0.1, -0.05) is 13.8 Å². The van der Waals surface area contributed by atoms with Crippen LogP contribution in [0.5, 0.6) is 0 Å². The van der Waals surface area contributed by atoms with Gasteiger partial charge in [0.05, 0.1) is 19.3 Å². The molecule has 3 amide bonds. The molecule has 10 nitrogen and oxygen atoms in total. The SMILES string of the molecule is CC(C)C[C@@H](NC(=O)C(CO)NC(=O)CN)C(=O)N[C@@H](C=O)C(C)O. The van der Waals surface area contributed by atoms with E-state index < -0.39 is 48.6 Å². The Morgan fingerprint density at radius 2 is 1.60 bits per heavy atom. The van der Waals surface area contributed by atoms with Crippen LogP contribution in [-0.4, -0.2) is 71.6 Å². The molecular formula is C15H28N4O6. The summed E-state index contributed by atoms with van der Waals surface area (Å²) < 4.78 is 0. The lowest BCUT2D eigenvalue weighted by molar-refractivity contribution is -0.133. The summed E-state index contributed by atoms with van der Waals surface area (Å²) in [6.45, 7) is 3.99. The highest BCUT2D eigenvalue weighted by Crippen LogP contribution is 2.06. The van der Waals surface area contributed by atoms with E-state index in [-0.39, 0.29) is 18.9 Å². The molecule has 0 aromatic heterocycles. The Labute approximate surface area is 146 Å². The minimum Gasteiger partial charge on any atom is -0.394 e. The molecule has 0 spiro atoms. The van der Waals surface area contributed by atoms with E-state index in [4.69, 9.17) is 5.73 Å². The first-order valence-electron chi connectivity index (χ1n) is 8.00. The van der Waals surface area contributed by atoms with Gasteiger partial charge in [-0.05, 0) is 19.3 Å². The first kappa shape index (κ1) is 23.0. The van der Waals surface area contributed by atoms with Crippen LogP contribution in [0.4, 0.5) is 0 Å². The molecular weight excluding hydrogens is 332 g/mol. The standard InChI is InChI=1S/C15H28N4O6/c1-8(2)4-10(14(24)19-11(6-20)9(3)22)18-15(25)12(7-21)17-13(23)5-16/h6,8-12,21-22H,4-5,7,16H2,1-3H3,(H,17,23)(H,18,25)(H,19,24)/t9?,10-,11+,12?/m1/s1. The topological polar surface area (TPSA) is 171 Å². The summed E-state index contributed by atoms with van der Waals surface area (Å²) in [4.78, 5) is 46.7. The van der Waals surface area contributed by atoms with E-state index in [1.54, 1.807) is 0 Å². The van der Waals surface area contributed by atoms with E-state index in [1.165, 1.54) is 6.92 Å². The number of rotatable bonds is 11. The second kappa shape index (κ2) is 11.5. The molecule has 2 unspecified atom stereocenters. The van der Waals surface area contributed by atoms with Crippen LogP contribution < -0.4 is 21.7 Å². The molecule has 7 N–H and O–H groups in total. The van der Waals surface area contributed by atoms with Crippen molar-refractivity contribution in [1.82, 2.24) is 16.0 Å². The molecule has 0 radical (unpaired) electrons. The maximum absolute atomic E-state index is 12.3. The van der Waals surface area contributed by atoms with Crippen molar-refractivity contribution in [2.45, 2.75) is 51.4 Å². The first-order chi connectivity index (χ1) is 11.7. The Kier molecular flexibility index (Phi) is 10.6. The summed E-state index contributed by atoms with van der Waals surface area (Å²) in [7, 11) is 0. The molecule has 0 rings (SSSR count). The molecule has 0 aliphatic heterocycles. The lowest BCUT2D eigenvalue weighted by atomic mass is 10.0. The van der Waals surface area contributed by atoms with Crippen LogP contribution in [0.2, 0.25) is 0 Å². The normalized spacial score (nSPS) is 15.6. The summed E-state index contributed by atoms with van der Waals surface area (Å²) in [5, 5.41) is 25.7. The Bertz CT molecular complexity index is 469. The second-order valence-electron chi connectivity index (χ2n) is 6.11. The fourth-order valence-electron chi connectivity index (χ4n) is 1.96. The van der Waals surface area contributed by atoms with Crippen molar-refractivity contribution in [1.29, 1.82) is 0 Å². The van der Waals surface area contributed by atoms with Crippen LogP contribution in [0.15, 0.2) is 0 Å². The molecule has 0 aromatic rings. The second-order valence-corrected chi connectivity index (χ2v) is 6.11. The van der Waals surface area contributed by atoms with E-state index >= 15 is 0 Å². The van der Waals surface area contributed by atoms with Crippen molar-refractivity contribution in [2.24, 2.45) is 11.7 Å². The molecule has 10 heteroatoms. The van der Waals surface area contributed by atoms with E-state index in [0.29, 0.717) is 6.29 Å². The van der Waals surface area contributed by atoms with Gasteiger partial charge in [0, 0.05) is 0 Å². The average Bonchev–Trinajstić information content (AvgIpc) is 2.55. The Morgan fingerprint density at radius 1 is 1.04 bits per heavy atom. The molecule has 144 valence electrons. The average molecular weight is 360 g/mol. The van der Waals surface area contributed by atoms with Crippen LogP contribution in [-0.2, 0) is 19.2 Å². The fraction of sp³-hybridized carbons (Fsp3) is 0.733. The van der Waals surface area contributed by atoms with Crippen molar-refractivity contribution in [3.05, 3.63) is 0 Å². The first-order valence-corrected chi connectivity index (χ1v) is 8.00. The zero-order valence-corrected chi connectivity index (χ0v) is 14.7. The highest BCUT2D eigenvalue weighted by atomic mass is 16.3. The summed E-state index contributed by atoms with van der Waals surface area (Å²) in [5.74, 6) is -2.01. The van der Waals surface area contributed by atoms with Crippen LogP contribution in [0.3, 0.4) is 0 Å². The molecule has 0 aliphatic carbocycles. The lowest BCUT2D eigenvalue weighted by Crippen LogP contribution is -2.57. The van der Waals surface area contributed by atoms with E-state index in [9.17, 15) is 29.4 Å². The van der Waals surface area contributed by atoms with Crippen molar-refractivity contribution in [3.8, 4) is 0 Å². The number of hydrogen-bond donors (Lipinski definition) is 6. The van der Waals surface area contributed by atoms with E-state index in [2.05, 4.69) is 16.0 Å². The van der Waals surface area contributed by atoms with Gasteiger partial charge >= 0.3 is 0 Å². The molecule has 4 atom stereocenters. The van der Waals surface area contributed by atoms with Crippen molar-refractivity contribution >= 4 is 24.0 Å². The number of nitrogens with one attached hydrogen (secondary N) is 3. The fourth-order valence-corrected chi connectivity index (χ4v) is 1.96. The van der Waals surface area contributed by atoms with Gasteiger partial charge in [-0.25, -0.2) is 0 Å². The molecule has 0 saturated carbocycles. The van der Waals surface area contributed by atoms with Crippen molar-refractivity contribution in [3.63, 3.8) is 0 Å². The smallest absolute Gasteiger partial charge is 0.245 e. The number of aliphatic hydroxyl groups excluding tert-OH is 2. The molecule has 0 heterocycles. The molecule has 0 aliphatic rings. The zero-order chi connectivity index (χ0) is 19.6. The summed E-state index contributed by atoms with van der Waals surface area (Å²) in [6.07, 6.45) is -0.438. The van der Waals surface area contributed by atoms with Gasteiger partial charge in [-0.15, -0.1) is 0 Å². The van der Waals surface area contributed by atoms with Gasteiger partial charge in [-0.2, -0.15) is 0 Å². The van der Waals surface area contributed by atoms with Gasteiger partial charge in [0.2, 0.25) is 17.7 Å². The summed E-state index contributed by atoms with van der Waals surface area (Å²) >= 11 is 0. The summed E-state index contributed by atoms with van der Waals surface area (Å²) in [6, 6.07) is -3.36. The molecule has 25 heavy (non-hydrogen) atoms. The van der Waals surface area contributed by atoms with Gasteiger partial charge in [-0.3, -0.25) is 14.4 Å². The monoisotopic (exact) mass is 360 g/mol. The minimum absolute atomic E-state index is 0.0310. The van der Waals surface area contributed by atoms with Crippen molar-refractivity contribution in [2.75, 3.05) is 13.2 Å². The van der Waals surface area contributed by atoms with E-state index in [0.717, 1.165) is 0 Å². The summed E-state index contributed by atoms with van der Waals surface area (Å²) in [5.41, 5.74) is 5.14. The molecule has 0 aromatic carbocycles. The van der Waals surface area contributed by atoms with Crippen LogP contribution in [0.25, 0.3) is 0 Å². The molecule has 0 saturated heterocycles. The van der Waals surface area contributed by atoms with Crippen LogP contribution in [0, 0.1) is 5.92 Å². The third-order valence-electron chi connectivity index (χ3n) is 3.34. The Morgan fingerprint density at radius 3 is 2.00 bits per heavy atom. The number of nitrogens with two attached hydrogens (primary N) is 1. The van der Waals surface area contributed by atoms with Crippen LogP contribution in [0.1, 0.15) is 27.2 Å². The number of amides is 3. The number of hydrogen-bond acceptors (Lipinski definition) is 7. The third-order valence-corrected chi connectivity index (χ3v) is 3.34. The van der Waals surface area contributed by atoms with Gasteiger partial charge in [0.15, 0.2) is 0 Å². The maximum Gasteiger partial charge on any atom is 0.245 e. The van der Waals surface area contributed by atoms with Gasteiger partial charge in [0.25, 0.3) is 0 Å². The minimum atomic E-state index is -1.25. The number of aliphatic hydroxyl groups is 2. The Hall–Kier alpha value is -2.04. The highest BCUT2D eigenvalue weighted by molar-refractivity contribution is 5.93. The van der Waals surface area contributed by atoms with Crippen molar-refractivity contribution < 1.29 is 29.4 Å². The van der Waals surface area contributed by atoms with Crippen LogP contribution >= 0.6 is 0 Å². The lowest BCUT2D eigenvalue weighted by Gasteiger charge is -2.25. The quantitative estimate of drug-likeness (QED) is 0.213. The maximum atomic E-state index is 12.3. The number of aldehydes is 1. The third kappa shape index (κ3) is 8.57. The predicted octanol–water partition coefficient (Wildman–Crippen LogP) is -2.98. The van der Waals surface area contributed by atoms with Gasteiger partial charge < -0.3 is 36.7 Å². The zero-order valence-electron chi connectivity index (χ0n) is 14.7. The molecule has 0 bridgehead atoms. The largest absolute Gasteiger partial charge is 0.394 e. The number of carbonyl (C=O) groups is 4. The highest BCUT2D eigenvalue weighted by Gasteiger charge is 2.28. The van der Waals surface area contributed by atoms with Gasteiger partial charge in [0.1, 0.15) is 24.4 Å². The molecule has 0 fully saturated rings. The predicted molar refractivity (Wildman–Crippen MR) is 89.1 cm³/mol. The van der Waals surface area contributed by atoms with E-state index in [1.807, 2.05) is 13.8 Å². The Balaban J connectivity index is 5.07. The number of carbonyl (C=O) groups excluding carboxylic acids is 4.